The molecule has 0 aliphatic carbocycles. The Morgan fingerprint density at radius 3 is 2.85 bits per heavy atom. The van der Waals surface area contributed by atoms with E-state index in [9.17, 15) is 4.79 Å². The van der Waals surface area contributed by atoms with E-state index in [1.807, 2.05) is 31.2 Å². The number of furan rings is 1. The maximum atomic E-state index is 11.5. The lowest BCUT2D eigenvalue weighted by atomic mass is 10.1. The van der Waals surface area contributed by atoms with Crippen molar-refractivity contribution < 1.29 is 13.9 Å². The molecule has 1 aromatic heterocycles. The minimum atomic E-state index is -0.475. The van der Waals surface area contributed by atoms with Gasteiger partial charge in [-0.05, 0) is 24.6 Å². The molecule has 2 rings (SSSR count). The van der Waals surface area contributed by atoms with E-state index in [1.54, 1.807) is 6.07 Å². The number of esters is 1. The topological polar surface area (TPSA) is 51.5 Å². The summed E-state index contributed by atoms with van der Waals surface area (Å²) in [5.41, 5.74) is 1.77. The first-order valence-corrected chi connectivity index (χ1v) is 6.63. The molecular formula is C15H16ClNO3. The van der Waals surface area contributed by atoms with Crippen LogP contribution in [0.25, 0.3) is 0 Å². The van der Waals surface area contributed by atoms with E-state index in [2.05, 4.69) is 10.1 Å². The number of nitrogens with one attached hydrogen (secondary N) is 1. The van der Waals surface area contributed by atoms with Crippen LogP contribution < -0.4 is 5.32 Å². The molecule has 0 aliphatic rings. The van der Waals surface area contributed by atoms with E-state index in [4.69, 9.17) is 16.0 Å². The van der Waals surface area contributed by atoms with Crippen LogP contribution in [0.1, 0.15) is 34.6 Å². The Kier molecular flexibility index (Phi) is 4.82. The van der Waals surface area contributed by atoms with Gasteiger partial charge < -0.3 is 14.5 Å². The number of halogens is 1. The van der Waals surface area contributed by atoms with Crippen molar-refractivity contribution >= 4 is 17.6 Å². The zero-order valence-corrected chi connectivity index (χ0v) is 12.1. The lowest BCUT2D eigenvalue weighted by Crippen LogP contribution is -2.19. The van der Waals surface area contributed by atoms with Gasteiger partial charge in [-0.25, -0.2) is 4.79 Å². The van der Waals surface area contributed by atoms with Crippen molar-refractivity contribution in [3.8, 4) is 0 Å². The highest BCUT2D eigenvalue weighted by molar-refractivity contribution is 6.31. The number of methoxy groups -OCH3 is 1. The van der Waals surface area contributed by atoms with E-state index in [1.165, 1.54) is 13.4 Å². The first-order valence-electron chi connectivity index (χ1n) is 6.26. The van der Waals surface area contributed by atoms with Crippen LogP contribution in [0.15, 0.2) is 41.0 Å². The van der Waals surface area contributed by atoms with Gasteiger partial charge in [-0.2, -0.15) is 0 Å². The molecule has 20 heavy (non-hydrogen) atoms. The molecule has 0 fully saturated rings. The zero-order chi connectivity index (χ0) is 14.5. The molecule has 0 saturated carbocycles. The normalized spacial score (nSPS) is 12.2. The Balaban J connectivity index is 2.04. The highest BCUT2D eigenvalue weighted by Gasteiger charge is 2.16. The van der Waals surface area contributed by atoms with Crippen LogP contribution in [0.3, 0.4) is 0 Å². The van der Waals surface area contributed by atoms with E-state index >= 15 is 0 Å². The molecule has 1 aromatic carbocycles. The Bertz CT molecular complexity index is 594. The molecule has 0 aliphatic heterocycles. The lowest BCUT2D eigenvalue weighted by molar-refractivity contribution is 0.0563. The van der Waals surface area contributed by atoms with Crippen molar-refractivity contribution in [2.45, 2.75) is 19.5 Å². The fraction of sp³-hybridized carbons (Fsp3) is 0.267. The molecule has 0 amide bonds. The molecule has 1 atom stereocenters. The number of hydrogen-bond acceptors (Lipinski definition) is 4. The smallest absolute Gasteiger partial charge is 0.374 e. The minimum absolute atomic E-state index is 0.0593. The highest BCUT2D eigenvalue weighted by Crippen LogP contribution is 2.23. The molecule has 0 spiro atoms. The lowest BCUT2D eigenvalue weighted by Gasteiger charge is -2.15. The second-order valence-electron chi connectivity index (χ2n) is 4.39. The summed E-state index contributed by atoms with van der Waals surface area (Å²) < 4.78 is 9.80. The third-order valence-electron chi connectivity index (χ3n) is 3.09. The summed E-state index contributed by atoms with van der Waals surface area (Å²) in [4.78, 5) is 11.5. The predicted molar refractivity (Wildman–Crippen MR) is 76.8 cm³/mol. The van der Waals surface area contributed by atoms with Crippen molar-refractivity contribution in [2.75, 3.05) is 7.11 Å². The summed E-state index contributed by atoms with van der Waals surface area (Å²) in [6, 6.07) is 9.47. The quantitative estimate of drug-likeness (QED) is 0.856. The Morgan fingerprint density at radius 2 is 2.15 bits per heavy atom. The summed E-state index contributed by atoms with van der Waals surface area (Å²) in [6.07, 6.45) is 1.48. The van der Waals surface area contributed by atoms with Crippen molar-refractivity contribution in [1.82, 2.24) is 5.32 Å². The molecule has 0 radical (unpaired) electrons. The Morgan fingerprint density at radius 1 is 1.40 bits per heavy atom. The van der Waals surface area contributed by atoms with E-state index in [0.717, 1.165) is 11.1 Å². The van der Waals surface area contributed by atoms with Gasteiger partial charge in [0.1, 0.15) is 0 Å². The molecule has 0 saturated heterocycles. The van der Waals surface area contributed by atoms with Gasteiger partial charge in [0, 0.05) is 23.2 Å². The number of rotatable bonds is 5. The average Bonchev–Trinajstić information content (AvgIpc) is 2.93. The molecule has 4 nitrogen and oxygen atoms in total. The van der Waals surface area contributed by atoms with Crippen molar-refractivity contribution in [3.63, 3.8) is 0 Å². The van der Waals surface area contributed by atoms with Crippen LogP contribution >= 0.6 is 11.6 Å². The standard InChI is InChI=1S/C15H16ClNO3/c1-10(12-5-3-4-6-13(12)16)17-9-11-7-8-20-14(11)15(18)19-2/h3-8,10,17H,9H2,1-2H3/t10-/m1/s1. The second-order valence-corrected chi connectivity index (χ2v) is 4.80. The van der Waals surface area contributed by atoms with Gasteiger partial charge in [-0.15, -0.1) is 0 Å². The molecule has 106 valence electrons. The first kappa shape index (κ1) is 14.6. The third kappa shape index (κ3) is 3.21. The second kappa shape index (κ2) is 6.59. The molecule has 5 heteroatoms. The maximum absolute atomic E-state index is 11.5. The zero-order valence-electron chi connectivity index (χ0n) is 11.4. The number of carbonyl (C=O) groups excluding carboxylic acids is 1. The largest absolute Gasteiger partial charge is 0.463 e. The Hall–Kier alpha value is -1.78. The van der Waals surface area contributed by atoms with Crippen LogP contribution in [0.2, 0.25) is 5.02 Å². The number of hydrogen-bond donors (Lipinski definition) is 1. The van der Waals surface area contributed by atoms with E-state index in [-0.39, 0.29) is 11.8 Å². The van der Waals surface area contributed by atoms with Gasteiger partial charge in [-0.3, -0.25) is 0 Å². The van der Waals surface area contributed by atoms with Gasteiger partial charge in [-0.1, -0.05) is 29.8 Å². The monoisotopic (exact) mass is 293 g/mol. The maximum Gasteiger partial charge on any atom is 0.374 e. The van der Waals surface area contributed by atoms with Crippen LogP contribution in [-0.4, -0.2) is 13.1 Å². The number of benzene rings is 1. The summed E-state index contributed by atoms with van der Waals surface area (Å²) in [5, 5.41) is 4.02. The van der Waals surface area contributed by atoms with Gasteiger partial charge in [0.2, 0.25) is 5.76 Å². The van der Waals surface area contributed by atoms with Gasteiger partial charge >= 0.3 is 5.97 Å². The molecule has 1 N–H and O–H groups in total. The molecule has 0 unspecified atom stereocenters. The summed E-state index contributed by atoms with van der Waals surface area (Å²) in [6.45, 7) is 2.51. The van der Waals surface area contributed by atoms with E-state index < -0.39 is 5.97 Å². The third-order valence-corrected chi connectivity index (χ3v) is 3.43. The summed E-state index contributed by atoms with van der Waals surface area (Å²) in [5.74, 6) is -0.247. The predicted octanol–water partition coefficient (Wildman–Crippen LogP) is 3.57. The van der Waals surface area contributed by atoms with Crippen LogP contribution in [0.5, 0.6) is 0 Å². The molecule has 0 bridgehead atoms. The fourth-order valence-electron chi connectivity index (χ4n) is 1.95. The van der Waals surface area contributed by atoms with Gasteiger partial charge in [0.05, 0.1) is 13.4 Å². The molecule has 2 aromatic rings. The summed E-state index contributed by atoms with van der Waals surface area (Å²) in [7, 11) is 1.33. The highest BCUT2D eigenvalue weighted by atomic mass is 35.5. The molecule has 1 heterocycles. The van der Waals surface area contributed by atoms with Crippen LogP contribution in [-0.2, 0) is 11.3 Å². The van der Waals surface area contributed by atoms with Crippen LogP contribution in [0, 0.1) is 0 Å². The first-order chi connectivity index (χ1) is 9.63. The minimum Gasteiger partial charge on any atom is -0.463 e. The number of ether oxygens (including phenoxy) is 1. The van der Waals surface area contributed by atoms with Crippen molar-refractivity contribution in [3.05, 3.63) is 58.5 Å². The van der Waals surface area contributed by atoms with Crippen LogP contribution in [0.4, 0.5) is 0 Å². The average molecular weight is 294 g/mol. The summed E-state index contributed by atoms with van der Waals surface area (Å²) >= 11 is 6.15. The Labute approximate surface area is 122 Å². The SMILES string of the molecule is COC(=O)c1occc1CN[C@H](C)c1ccccc1Cl. The van der Waals surface area contributed by atoms with E-state index in [0.29, 0.717) is 11.6 Å². The van der Waals surface area contributed by atoms with Gasteiger partial charge in [0.25, 0.3) is 0 Å². The van der Waals surface area contributed by atoms with Crippen molar-refractivity contribution in [2.24, 2.45) is 0 Å². The number of carbonyl (C=O) groups is 1. The fourth-order valence-corrected chi connectivity index (χ4v) is 2.25. The van der Waals surface area contributed by atoms with Crippen molar-refractivity contribution in [1.29, 1.82) is 0 Å². The van der Waals surface area contributed by atoms with Gasteiger partial charge in [0.15, 0.2) is 0 Å². The molecular weight excluding hydrogens is 278 g/mol.